The lowest BCUT2D eigenvalue weighted by atomic mass is 10.4. The van der Waals surface area contributed by atoms with Crippen molar-refractivity contribution in [3.05, 3.63) is 17.3 Å². The van der Waals surface area contributed by atoms with Crippen molar-refractivity contribution in [2.45, 2.75) is 19.4 Å². The molecule has 104 valence electrons. The van der Waals surface area contributed by atoms with Gasteiger partial charge in [0.05, 0.1) is 12.3 Å². The molecular formula is C13H20N4OS. The molecule has 0 radical (unpaired) electrons. The van der Waals surface area contributed by atoms with Crippen LogP contribution in [0.5, 0.6) is 0 Å². The number of aliphatic hydroxyl groups excluding tert-OH is 1. The average Bonchev–Trinajstić information content (AvgIpc) is 3.11. The number of fused-ring (bicyclic) bond motifs is 1. The summed E-state index contributed by atoms with van der Waals surface area (Å²) in [5.74, 6) is 0.911. The highest BCUT2D eigenvalue weighted by atomic mass is 32.1. The van der Waals surface area contributed by atoms with Gasteiger partial charge in [0.15, 0.2) is 10.8 Å². The zero-order valence-electron chi connectivity index (χ0n) is 11.2. The minimum absolute atomic E-state index is 0.0291. The van der Waals surface area contributed by atoms with E-state index in [1.54, 1.807) is 11.3 Å². The molecule has 2 aromatic heterocycles. The second-order valence-corrected chi connectivity index (χ2v) is 5.94. The van der Waals surface area contributed by atoms with E-state index in [1.165, 1.54) is 25.9 Å². The number of anilines is 1. The predicted molar refractivity (Wildman–Crippen MR) is 77.9 cm³/mol. The number of thiazole rings is 1. The van der Waals surface area contributed by atoms with Crippen LogP contribution >= 0.6 is 11.3 Å². The molecule has 0 unspecified atom stereocenters. The Morgan fingerprint density at radius 1 is 1.42 bits per heavy atom. The molecule has 1 aliphatic rings. The number of aromatic nitrogens is 2. The molecular weight excluding hydrogens is 260 g/mol. The van der Waals surface area contributed by atoms with E-state index in [0.29, 0.717) is 0 Å². The lowest BCUT2D eigenvalue weighted by Crippen LogP contribution is -2.32. The molecule has 0 bridgehead atoms. The maximum atomic E-state index is 9.56. The van der Waals surface area contributed by atoms with Gasteiger partial charge in [0.25, 0.3) is 0 Å². The summed E-state index contributed by atoms with van der Waals surface area (Å²) in [4.78, 5) is 10.2. The van der Waals surface area contributed by atoms with Gasteiger partial charge >= 0.3 is 0 Å². The van der Waals surface area contributed by atoms with Gasteiger partial charge in [-0.15, -0.1) is 11.3 Å². The summed E-state index contributed by atoms with van der Waals surface area (Å²) in [6.07, 6.45) is 4.62. The minimum Gasteiger partial charge on any atom is -0.390 e. The second kappa shape index (κ2) is 5.48. The van der Waals surface area contributed by atoms with Crippen molar-refractivity contribution >= 4 is 22.1 Å². The van der Waals surface area contributed by atoms with Crippen molar-refractivity contribution in [1.82, 2.24) is 14.3 Å². The molecule has 0 aromatic carbocycles. The van der Waals surface area contributed by atoms with E-state index in [0.717, 1.165) is 29.6 Å². The first-order chi connectivity index (χ1) is 9.29. The fraction of sp³-hybridized carbons (Fsp3) is 0.615. The van der Waals surface area contributed by atoms with E-state index >= 15 is 0 Å². The van der Waals surface area contributed by atoms with Gasteiger partial charge < -0.3 is 14.9 Å². The van der Waals surface area contributed by atoms with Crippen LogP contribution in [0.15, 0.2) is 11.6 Å². The van der Waals surface area contributed by atoms with Crippen molar-refractivity contribution in [2.24, 2.45) is 0 Å². The van der Waals surface area contributed by atoms with E-state index < -0.39 is 0 Å². The SMILES string of the molecule is CN(CCN1CCCC1)c1nc2sccn2c1CO. The monoisotopic (exact) mass is 280 g/mol. The molecule has 1 saturated heterocycles. The third kappa shape index (κ3) is 2.48. The summed E-state index contributed by atoms with van der Waals surface area (Å²) >= 11 is 1.60. The van der Waals surface area contributed by atoms with Crippen LogP contribution in [0.1, 0.15) is 18.5 Å². The zero-order chi connectivity index (χ0) is 13.2. The van der Waals surface area contributed by atoms with Crippen LogP contribution in [-0.4, -0.2) is 52.6 Å². The van der Waals surface area contributed by atoms with Crippen molar-refractivity contribution in [3.8, 4) is 0 Å². The van der Waals surface area contributed by atoms with Crippen molar-refractivity contribution in [1.29, 1.82) is 0 Å². The van der Waals surface area contributed by atoms with E-state index in [-0.39, 0.29) is 6.61 Å². The van der Waals surface area contributed by atoms with Gasteiger partial charge in [-0.25, -0.2) is 4.98 Å². The van der Waals surface area contributed by atoms with Crippen molar-refractivity contribution < 1.29 is 5.11 Å². The predicted octanol–water partition coefficient (Wildman–Crippen LogP) is 1.42. The first-order valence-corrected chi connectivity index (χ1v) is 7.66. The molecule has 1 fully saturated rings. The molecule has 3 heterocycles. The smallest absolute Gasteiger partial charge is 0.195 e. The molecule has 0 spiro atoms. The van der Waals surface area contributed by atoms with Gasteiger partial charge in [-0.2, -0.15) is 0 Å². The molecule has 0 atom stereocenters. The van der Waals surface area contributed by atoms with E-state index in [1.807, 2.05) is 16.0 Å². The molecule has 2 aromatic rings. The lowest BCUT2D eigenvalue weighted by molar-refractivity contribution is 0.276. The summed E-state index contributed by atoms with van der Waals surface area (Å²) in [6, 6.07) is 0. The van der Waals surface area contributed by atoms with Crippen LogP contribution in [0.3, 0.4) is 0 Å². The molecule has 0 aliphatic carbocycles. The number of hydrogen-bond donors (Lipinski definition) is 1. The van der Waals surface area contributed by atoms with Crippen LogP contribution < -0.4 is 4.90 Å². The molecule has 19 heavy (non-hydrogen) atoms. The number of rotatable bonds is 5. The van der Waals surface area contributed by atoms with Gasteiger partial charge in [0.2, 0.25) is 0 Å². The highest BCUT2D eigenvalue weighted by Gasteiger charge is 2.17. The number of imidazole rings is 1. The normalized spacial score (nSPS) is 16.5. The fourth-order valence-electron chi connectivity index (χ4n) is 2.68. The molecule has 1 aliphatic heterocycles. The minimum atomic E-state index is 0.0291. The van der Waals surface area contributed by atoms with Crippen molar-refractivity contribution in [2.75, 3.05) is 38.1 Å². The highest BCUT2D eigenvalue weighted by molar-refractivity contribution is 7.15. The Kier molecular flexibility index (Phi) is 3.72. The van der Waals surface area contributed by atoms with Gasteiger partial charge in [-0.1, -0.05) is 0 Å². The van der Waals surface area contributed by atoms with Gasteiger partial charge in [0, 0.05) is 31.7 Å². The maximum absolute atomic E-state index is 9.56. The molecule has 1 N–H and O–H groups in total. The van der Waals surface area contributed by atoms with E-state index in [9.17, 15) is 5.11 Å². The van der Waals surface area contributed by atoms with Gasteiger partial charge in [-0.05, 0) is 25.9 Å². The summed E-state index contributed by atoms with van der Waals surface area (Å²) in [5, 5.41) is 11.6. The molecule has 0 saturated carbocycles. The second-order valence-electron chi connectivity index (χ2n) is 5.07. The fourth-order valence-corrected chi connectivity index (χ4v) is 3.41. The first kappa shape index (κ1) is 12.9. The Hall–Kier alpha value is -1.11. The standard InChI is InChI=1S/C13H20N4OS/c1-15(6-7-16-4-2-3-5-16)12-11(10-18)17-8-9-19-13(17)14-12/h8-9,18H,2-7,10H2,1H3. The zero-order valence-corrected chi connectivity index (χ0v) is 12.1. The average molecular weight is 280 g/mol. The van der Waals surface area contributed by atoms with Gasteiger partial charge in [-0.3, -0.25) is 4.40 Å². The Morgan fingerprint density at radius 3 is 2.95 bits per heavy atom. The largest absolute Gasteiger partial charge is 0.390 e. The molecule has 0 amide bonds. The summed E-state index contributed by atoms with van der Waals surface area (Å²) in [6.45, 7) is 4.50. The number of aliphatic hydroxyl groups is 1. The van der Waals surface area contributed by atoms with Gasteiger partial charge in [0.1, 0.15) is 0 Å². The number of likely N-dealkylation sites (N-methyl/N-ethyl adjacent to an activating group) is 1. The third-order valence-corrected chi connectivity index (χ3v) is 4.56. The topological polar surface area (TPSA) is 44.0 Å². The summed E-state index contributed by atoms with van der Waals surface area (Å²) in [7, 11) is 2.06. The maximum Gasteiger partial charge on any atom is 0.195 e. The Bertz CT molecular complexity index is 544. The Labute approximate surface area is 117 Å². The molecule has 3 rings (SSSR count). The van der Waals surface area contributed by atoms with Crippen LogP contribution in [0.2, 0.25) is 0 Å². The molecule has 6 heteroatoms. The van der Waals surface area contributed by atoms with Crippen molar-refractivity contribution in [3.63, 3.8) is 0 Å². The highest BCUT2D eigenvalue weighted by Crippen LogP contribution is 2.24. The number of nitrogens with zero attached hydrogens (tertiary/aromatic N) is 4. The van der Waals surface area contributed by atoms with E-state index in [2.05, 4.69) is 21.8 Å². The third-order valence-electron chi connectivity index (χ3n) is 3.80. The Balaban J connectivity index is 1.72. The lowest BCUT2D eigenvalue weighted by Gasteiger charge is -2.22. The van der Waals surface area contributed by atoms with Crippen LogP contribution in [0.25, 0.3) is 4.96 Å². The first-order valence-electron chi connectivity index (χ1n) is 6.78. The van der Waals surface area contributed by atoms with Crippen LogP contribution in [0, 0.1) is 0 Å². The number of likely N-dealkylation sites (tertiary alicyclic amines) is 1. The summed E-state index contributed by atoms with van der Waals surface area (Å²) < 4.78 is 1.98. The summed E-state index contributed by atoms with van der Waals surface area (Å²) in [5.41, 5.74) is 0.889. The number of hydrogen-bond acceptors (Lipinski definition) is 5. The van der Waals surface area contributed by atoms with Crippen LogP contribution in [0.4, 0.5) is 5.82 Å². The van der Waals surface area contributed by atoms with Crippen LogP contribution in [-0.2, 0) is 6.61 Å². The van der Waals surface area contributed by atoms with E-state index in [4.69, 9.17) is 0 Å². The molecule has 5 nitrogen and oxygen atoms in total. The quantitative estimate of drug-likeness (QED) is 0.899. The Morgan fingerprint density at radius 2 is 2.21 bits per heavy atom.